The number of rotatable bonds is 1. The first-order valence-corrected chi connectivity index (χ1v) is 7.12. The zero-order chi connectivity index (χ0) is 14.3. The molecule has 1 aliphatic carbocycles. The van der Waals surface area contributed by atoms with Gasteiger partial charge in [-0.25, -0.2) is 4.99 Å². The second kappa shape index (κ2) is 4.55. The Balaban J connectivity index is 2.19. The summed E-state index contributed by atoms with van der Waals surface area (Å²) in [6.07, 6.45) is 6.73. The molecule has 0 radical (unpaired) electrons. The molecule has 1 aromatic rings. The van der Waals surface area contributed by atoms with Crippen molar-refractivity contribution < 1.29 is 4.79 Å². The summed E-state index contributed by atoms with van der Waals surface area (Å²) in [6.45, 7) is 8.31. The van der Waals surface area contributed by atoms with Crippen LogP contribution < -0.4 is 10.6 Å². The van der Waals surface area contributed by atoms with Gasteiger partial charge in [-0.2, -0.15) is 0 Å². The summed E-state index contributed by atoms with van der Waals surface area (Å²) < 4.78 is 0. The van der Waals surface area contributed by atoms with Gasteiger partial charge in [0.25, 0.3) is 0 Å². The summed E-state index contributed by atoms with van der Waals surface area (Å²) in [5.41, 5.74) is 2.69. The fraction of sp³-hybridized carbons (Fsp3) is 0.333. The highest BCUT2D eigenvalue weighted by molar-refractivity contribution is 6.00. The third-order valence-corrected chi connectivity index (χ3v) is 4.03. The van der Waals surface area contributed by atoms with Crippen molar-refractivity contribution in [2.75, 3.05) is 0 Å². The molecule has 0 amide bonds. The predicted molar refractivity (Wildman–Crippen MR) is 80.8 cm³/mol. The molecule has 0 atom stereocenters. The van der Waals surface area contributed by atoms with Gasteiger partial charge in [0.1, 0.15) is 0 Å². The first-order chi connectivity index (χ1) is 9.47. The average Bonchev–Trinajstić information content (AvgIpc) is 2.39. The zero-order valence-electron chi connectivity index (χ0n) is 12.1. The number of hydrogen-bond acceptors (Lipinski definition) is 2. The number of fused-ring (bicyclic) bond motifs is 1. The van der Waals surface area contributed by atoms with E-state index in [2.05, 4.69) is 32.6 Å². The summed E-state index contributed by atoms with van der Waals surface area (Å²) in [7, 11) is 0. The Morgan fingerprint density at radius 2 is 2.10 bits per heavy atom. The van der Waals surface area contributed by atoms with Gasteiger partial charge in [-0.3, -0.25) is 4.79 Å². The Kier molecular flexibility index (Phi) is 2.97. The zero-order valence-corrected chi connectivity index (χ0v) is 12.1. The fourth-order valence-electron chi connectivity index (χ4n) is 2.92. The van der Waals surface area contributed by atoms with Crippen LogP contribution in [0.15, 0.2) is 46.6 Å². The van der Waals surface area contributed by atoms with Crippen molar-refractivity contribution >= 4 is 12.4 Å². The molecule has 0 fully saturated rings. The minimum atomic E-state index is -0.126. The van der Waals surface area contributed by atoms with Crippen LogP contribution in [0.4, 0.5) is 0 Å². The molecule has 1 aliphatic heterocycles. The van der Waals surface area contributed by atoms with Crippen LogP contribution in [0.2, 0.25) is 0 Å². The van der Waals surface area contributed by atoms with Crippen molar-refractivity contribution in [3.05, 3.63) is 57.8 Å². The minimum Gasteiger partial charge on any atom is -0.294 e. The predicted octanol–water partition coefficient (Wildman–Crippen LogP) is 2.57. The van der Waals surface area contributed by atoms with E-state index in [1.54, 1.807) is 0 Å². The Morgan fingerprint density at radius 3 is 2.85 bits per heavy atom. The van der Waals surface area contributed by atoms with E-state index in [0.29, 0.717) is 6.42 Å². The standard InChI is InChI=1S/C18H19NO/c1-12-8-9-15-14(10-12)18(2,3)11-16(19-15)13-6-4-5-7-17(13)20/h6,8-11H,1,4-5,7H2,2-3H3. The number of hydrogen-bond donors (Lipinski definition) is 0. The van der Waals surface area contributed by atoms with Crippen molar-refractivity contribution in [2.45, 2.75) is 38.5 Å². The first-order valence-electron chi connectivity index (χ1n) is 7.12. The molecule has 0 unspecified atom stereocenters. The van der Waals surface area contributed by atoms with Crippen molar-refractivity contribution in [1.29, 1.82) is 0 Å². The maximum Gasteiger partial charge on any atom is 0.164 e. The number of benzene rings is 1. The van der Waals surface area contributed by atoms with Crippen LogP contribution in [-0.4, -0.2) is 5.78 Å². The second-order valence-corrected chi connectivity index (χ2v) is 6.15. The summed E-state index contributed by atoms with van der Waals surface area (Å²) in [4.78, 5) is 16.8. The molecular formula is C18H19NO. The van der Waals surface area contributed by atoms with Crippen LogP contribution >= 0.6 is 0 Å². The molecule has 1 aromatic carbocycles. The van der Waals surface area contributed by atoms with E-state index in [1.807, 2.05) is 18.2 Å². The summed E-state index contributed by atoms with van der Waals surface area (Å²) in [6, 6.07) is 6.06. The Labute approximate surface area is 119 Å². The van der Waals surface area contributed by atoms with Crippen molar-refractivity contribution in [1.82, 2.24) is 0 Å². The fourth-order valence-corrected chi connectivity index (χ4v) is 2.92. The van der Waals surface area contributed by atoms with Gasteiger partial charge in [0.05, 0.1) is 11.1 Å². The van der Waals surface area contributed by atoms with Gasteiger partial charge in [0, 0.05) is 17.4 Å². The van der Waals surface area contributed by atoms with Crippen LogP contribution in [0.3, 0.4) is 0 Å². The third kappa shape index (κ3) is 2.15. The summed E-state index contributed by atoms with van der Waals surface area (Å²) in [5, 5.41) is 1.95. The summed E-state index contributed by atoms with van der Waals surface area (Å²) in [5.74, 6) is 0.222. The molecule has 2 nitrogen and oxygen atoms in total. The molecule has 0 saturated heterocycles. The molecule has 0 saturated carbocycles. The van der Waals surface area contributed by atoms with E-state index in [4.69, 9.17) is 4.99 Å². The third-order valence-electron chi connectivity index (χ3n) is 4.03. The van der Waals surface area contributed by atoms with Gasteiger partial charge in [-0.05, 0) is 41.8 Å². The quantitative estimate of drug-likeness (QED) is 0.767. The van der Waals surface area contributed by atoms with E-state index in [0.717, 1.165) is 34.7 Å². The molecule has 3 rings (SSSR count). The normalized spacial score (nSPS) is 20.6. The van der Waals surface area contributed by atoms with Crippen LogP contribution in [-0.2, 0) is 10.2 Å². The van der Waals surface area contributed by atoms with Crippen LogP contribution in [0, 0.1) is 0 Å². The van der Waals surface area contributed by atoms with E-state index in [1.165, 1.54) is 5.56 Å². The van der Waals surface area contributed by atoms with E-state index >= 15 is 0 Å². The lowest BCUT2D eigenvalue weighted by molar-refractivity contribution is -0.115. The SMILES string of the molecule is C=c1ccc2c(c1)C(C)(C)C=C(C1=CCCCC1=O)N=2. The molecule has 20 heavy (non-hydrogen) atoms. The largest absolute Gasteiger partial charge is 0.294 e. The lowest BCUT2D eigenvalue weighted by atomic mass is 9.80. The van der Waals surface area contributed by atoms with Crippen LogP contribution in [0.1, 0.15) is 38.7 Å². The van der Waals surface area contributed by atoms with Gasteiger partial charge in [0.15, 0.2) is 5.78 Å². The number of nitrogens with zero attached hydrogens (tertiary/aromatic N) is 1. The lowest BCUT2D eigenvalue weighted by Gasteiger charge is -2.27. The van der Waals surface area contributed by atoms with Gasteiger partial charge < -0.3 is 0 Å². The van der Waals surface area contributed by atoms with Gasteiger partial charge in [-0.1, -0.05) is 32.6 Å². The maximum atomic E-state index is 12.1. The molecule has 0 N–H and O–H groups in total. The summed E-state index contributed by atoms with van der Waals surface area (Å²) >= 11 is 0. The molecule has 2 heteroatoms. The van der Waals surface area contributed by atoms with Crippen molar-refractivity contribution in [2.24, 2.45) is 4.99 Å². The second-order valence-electron chi connectivity index (χ2n) is 6.15. The van der Waals surface area contributed by atoms with Gasteiger partial charge in [0.2, 0.25) is 0 Å². The minimum absolute atomic E-state index is 0.126. The monoisotopic (exact) mass is 265 g/mol. The lowest BCUT2D eigenvalue weighted by Crippen LogP contribution is -2.31. The number of carbonyl (C=O) groups is 1. The highest BCUT2D eigenvalue weighted by Gasteiger charge is 2.27. The number of carbonyl (C=O) groups excluding carboxylic acids is 1. The Bertz CT molecular complexity index is 750. The number of Topliss-reactive ketones (excluding diaryl/α,β-unsaturated/α-hetero) is 1. The van der Waals surface area contributed by atoms with Gasteiger partial charge in [-0.15, -0.1) is 0 Å². The molecule has 2 aliphatic rings. The molecule has 102 valence electrons. The van der Waals surface area contributed by atoms with Crippen molar-refractivity contribution in [3.63, 3.8) is 0 Å². The van der Waals surface area contributed by atoms with E-state index in [9.17, 15) is 4.79 Å². The average molecular weight is 265 g/mol. The van der Waals surface area contributed by atoms with Crippen LogP contribution in [0.25, 0.3) is 6.58 Å². The molecule has 0 bridgehead atoms. The van der Waals surface area contributed by atoms with E-state index in [-0.39, 0.29) is 11.2 Å². The highest BCUT2D eigenvalue weighted by Crippen LogP contribution is 2.31. The van der Waals surface area contributed by atoms with Crippen molar-refractivity contribution in [3.8, 4) is 0 Å². The smallest absolute Gasteiger partial charge is 0.164 e. The molecular weight excluding hydrogens is 246 g/mol. The topological polar surface area (TPSA) is 29.4 Å². The number of allylic oxidation sites excluding steroid dienone is 3. The Morgan fingerprint density at radius 1 is 1.30 bits per heavy atom. The first kappa shape index (κ1) is 13.0. The highest BCUT2D eigenvalue weighted by atomic mass is 16.1. The van der Waals surface area contributed by atoms with Gasteiger partial charge >= 0.3 is 0 Å². The maximum absolute atomic E-state index is 12.1. The molecule has 1 heterocycles. The molecule has 0 spiro atoms. The van der Waals surface area contributed by atoms with Crippen LogP contribution in [0.5, 0.6) is 0 Å². The molecule has 0 aromatic heterocycles. The van der Waals surface area contributed by atoms with E-state index < -0.39 is 0 Å². The Hall–Kier alpha value is -1.96. The number of ketones is 1.